The molecule has 4 heteroatoms. The summed E-state index contributed by atoms with van der Waals surface area (Å²) in [6.45, 7) is 4.01. The summed E-state index contributed by atoms with van der Waals surface area (Å²) in [7, 11) is 0. The fourth-order valence-corrected chi connectivity index (χ4v) is 1.14. The summed E-state index contributed by atoms with van der Waals surface area (Å²) in [5.74, 6) is 0. The molecule has 1 rings (SSSR count). The first-order chi connectivity index (χ1) is 8.74. The largest absolute Gasteiger partial charge is 0.395 e. The second-order valence-electron chi connectivity index (χ2n) is 5.17. The molecule has 1 nitrogen and oxygen atoms in total. The number of hydrogen-bond donors (Lipinski definition) is 1. The molecule has 2 N–H and O–H groups in total. The van der Waals surface area contributed by atoms with Gasteiger partial charge < -0.3 is 5.73 Å². The topological polar surface area (TPSA) is 26.0 Å². The van der Waals surface area contributed by atoms with Crippen LogP contribution in [0.4, 0.5) is 13.2 Å². The monoisotopic (exact) mass is 275 g/mol. The lowest BCUT2D eigenvalue weighted by Crippen LogP contribution is -2.38. The number of alkyl halides is 3. The fourth-order valence-electron chi connectivity index (χ4n) is 1.14. The third kappa shape index (κ3) is 7.21. The molecule has 0 saturated heterocycles. The number of benzene rings is 1. The van der Waals surface area contributed by atoms with Crippen LogP contribution in [0, 0.1) is 5.41 Å². The van der Waals surface area contributed by atoms with Gasteiger partial charge in [-0.1, -0.05) is 43.7 Å². The van der Waals surface area contributed by atoms with Gasteiger partial charge in [0.05, 0.1) is 5.41 Å². The van der Waals surface area contributed by atoms with Crippen molar-refractivity contribution in [3.8, 4) is 0 Å². The van der Waals surface area contributed by atoms with E-state index in [9.17, 15) is 13.2 Å². The van der Waals surface area contributed by atoms with Crippen molar-refractivity contribution in [3.63, 3.8) is 0 Å². The van der Waals surface area contributed by atoms with E-state index >= 15 is 0 Å². The van der Waals surface area contributed by atoms with Crippen molar-refractivity contribution in [1.29, 1.82) is 0 Å². The molecule has 0 aliphatic rings. The van der Waals surface area contributed by atoms with Crippen LogP contribution >= 0.6 is 0 Å². The normalized spacial score (nSPS) is 11.7. The van der Waals surface area contributed by atoms with Crippen LogP contribution in [0.15, 0.2) is 30.3 Å². The summed E-state index contributed by atoms with van der Waals surface area (Å²) in [5.41, 5.74) is 4.59. The summed E-state index contributed by atoms with van der Waals surface area (Å²) in [6, 6.07) is 10.6. The summed E-state index contributed by atoms with van der Waals surface area (Å²) in [4.78, 5) is 0. The molecule has 0 aliphatic heterocycles. The Morgan fingerprint density at radius 1 is 1.05 bits per heavy atom. The number of rotatable bonds is 4. The van der Waals surface area contributed by atoms with Crippen molar-refractivity contribution in [1.82, 2.24) is 0 Å². The van der Waals surface area contributed by atoms with Crippen LogP contribution in [0.2, 0.25) is 0 Å². The lowest BCUT2D eigenvalue weighted by molar-refractivity contribution is -0.207. The summed E-state index contributed by atoms with van der Waals surface area (Å²) >= 11 is 0. The second-order valence-corrected chi connectivity index (χ2v) is 5.17. The van der Waals surface area contributed by atoms with Crippen LogP contribution in [0.5, 0.6) is 0 Å². The Bertz CT molecular complexity index is 331. The van der Waals surface area contributed by atoms with Gasteiger partial charge in [0, 0.05) is 6.54 Å². The van der Waals surface area contributed by atoms with Crippen LogP contribution < -0.4 is 5.73 Å². The minimum absolute atomic E-state index is 0.365. The van der Waals surface area contributed by atoms with Crippen LogP contribution in [0.1, 0.15) is 39.2 Å². The van der Waals surface area contributed by atoms with E-state index in [1.54, 1.807) is 0 Å². The first kappa shape index (κ1) is 18.0. The average molecular weight is 275 g/mol. The Labute approximate surface area is 114 Å². The van der Waals surface area contributed by atoms with Gasteiger partial charge >= 0.3 is 6.18 Å². The molecule has 0 aliphatic carbocycles. The highest BCUT2D eigenvalue weighted by Gasteiger charge is 2.45. The lowest BCUT2D eigenvalue weighted by atomic mass is 9.93. The molecule has 0 aromatic heterocycles. The van der Waals surface area contributed by atoms with Gasteiger partial charge in [-0.3, -0.25) is 0 Å². The molecule has 0 amide bonds. The molecule has 1 aromatic carbocycles. The van der Waals surface area contributed by atoms with Gasteiger partial charge in [0.15, 0.2) is 0 Å². The van der Waals surface area contributed by atoms with Crippen molar-refractivity contribution >= 4 is 0 Å². The van der Waals surface area contributed by atoms with E-state index in [1.807, 2.05) is 0 Å². The maximum Gasteiger partial charge on any atom is 0.395 e. The smallest absolute Gasteiger partial charge is 0.330 e. The van der Waals surface area contributed by atoms with E-state index in [0.29, 0.717) is 0 Å². The maximum absolute atomic E-state index is 11.8. The number of nitrogens with two attached hydrogens (primary N) is 1. The van der Waals surface area contributed by atoms with E-state index in [-0.39, 0.29) is 6.54 Å². The Kier molecular flexibility index (Phi) is 7.76. The number of aryl methyl sites for hydroxylation is 1. The number of halogens is 3. The molecule has 1 aromatic rings. The third-order valence-corrected chi connectivity index (χ3v) is 2.94. The van der Waals surface area contributed by atoms with Gasteiger partial charge in [-0.05, 0) is 32.3 Å². The van der Waals surface area contributed by atoms with Gasteiger partial charge in [-0.2, -0.15) is 13.2 Å². The molecule has 0 atom stereocenters. The van der Waals surface area contributed by atoms with Crippen molar-refractivity contribution in [2.24, 2.45) is 11.1 Å². The van der Waals surface area contributed by atoms with E-state index in [0.717, 1.165) is 13.8 Å². The molecule has 0 saturated carbocycles. The van der Waals surface area contributed by atoms with Gasteiger partial charge in [-0.15, -0.1) is 0 Å². The zero-order valence-electron chi connectivity index (χ0n) is 11.9. The highest BCUT2D eigenvalue weighted by atomic mass is 19.4. The standard InChI is InChI=1S/C10H14.C5H10F3N/c1-2-3-7-10-8-5-4-6-9-10;1-4(2,3-9)5(6,7)8/h4-6,8-9H,2-3,7H2,1H3;3,9H2,1-2H3. The molecule has 19 heavy (non-hydrogen) atoms. The fraction of sp³-hybridized carbons (Fsp3) is 0.600. The average Bonchev–Trinajstić information content (AvgIpc) is 2.37. The number of hydrogen-bond acceptors (Lipinski definition) is 1. The van der Waals surface area contributed by atoms with Gasteiger partial charge in [0.2, 0.25) is 0 Å². The molecule has 110 valence electrons. The Balaban J connectivity index is 0.000000344. The molecule has 0 heterocycles. The van der Waals surface area contributed by atoms with Gasteiger partial charge in [0.1, 0.15) is 0 Å². The highest BCUT2D eigenvalue weighted by molar-refractivity contribution is 5.14. The lowest BCUT2D eigenvalue weighted by Gasteiger charge is -2.25. The van der Waals surface area contributed by atoms with E-state index in [4.69, 9.17) is 5.73 Å². The zero-order valence-corrected chi connectivity index (χ0v) is 11.9. The SMILES string of the molecule is CC(C)(CN)C(F)(F)F.CCCCc1ccccc1. The van der Waals surface area contributed by atoms with E-state index in [1.165, 1.54) is 24.8 Å². The highest BCUT2D eigenvalue weighted by Crippen LogP contribution is 2.35. The van der Waals surface area contributed by atoms with Crippen LogP contribution in [0.25, 0.3) is 0 Å². The van der Waals surface area contributed by atoms with Gasteiger partial charge in [-0.25, -0.2) is 0 Å². The molecule has 0 spiro atoms. The first-order valence-corrected chi connectivity index (χ1v) is 6.55. The maximum atomic E-state index is 11.8. The molecule has 0 radical (unpaired) electrons. The predicted octanol–water partition coefficient (Wildman–Crippen LogP) is 4.56. The first-order valence-electron chi connectivity index (χ1n) is 6.55. The Morgan fingerprint density at radius 2 is 1.58 bits per heavy atom. The van der Waals surface area contributed by atoms with Crippen molar-refractivity contribution in [2.45, 2.75) is 46.2 Å². The van der Waals surface area contributed by atoms with Crippen LogP contribution in [0.3, 0.4) is 0 Å². The van der Waals surface area contributed by atoms with Crippen LogP contribution in [-0.4, -0.2) is 12.7 Å². The predicted molar refractivity (Wildman–Crippen MR) is 73.9 cm³/mol. The molecule has 0 bridgehead atoms. The van der Waals surface area contributed by atoms with E-state index in [2.05, 4.69) is 37.3 Å². The molecular weight excluding hydrogens is 251 g/mol. The second kappa shape index (κ2) is 8.20. The minimum Gasteiger partial charge on any atom is -0.330 e. The number of unbranched alkanes of at least 4 members (excludes halogenated alkanes) is 1. The van der Waals surface area contributed by atoms with Crippen LogP contribution in [-0.2, 0) is 6.42 Å². The molecule has 0 fully saturated rings. The Hall–Kier alpha value is -1.03. The van der Waals surface area contributed by atoms with E-state index < -0.39 is 11.6 Å². The quantitative estimate of drug-likeness (QED) is 0.856. The summed E-state index contributed by atoms with van der Waals surface area (Å²) < 4.78 is 35.3. The van der Waals surface area contributed by atoms with Crippen molar-refractivity contribution in [2.75, 3.05) is 6.54 Å². The molecular formula is C15H24F3N. The summed E-state index contributed by atoms with van der Waals surface area (Å²) in [5, 5.41) is 0. The third-order valence-electron chi connectivity index (χ3n) is 2.94. The molecule has 0 unspecified atom stereocenters. The summed E-state index contributed by atoms with van der Waals surface area (Å²) in [6.07, 6.45) is -0.349. The van der Waals surface area contributed by atoms with Gasteiger partial charge in [0.25, 0.3) is 0 Å². The zero-order chi connectivity index (χ0) is 14.9. The van der Waals surface area contributed by atoms with Crippen molar-refractivity contribution < 1.29 is 13.2 Å². The van der Waals surface area contributed by atoms with Crippen molar-refractivity contribution in [3.05, 3.63) is 35.9 Å². The Morgan fingerprint density at radius 3 is 1.89 bits per heavy atom. The minimum atomic E-state index is -4.18.